The maximum absolute atomic E-state index is 13.6. The van der Waals surface area contributed by atoms with Gasteiger partial charge in [0.25, 0.3) is 0 Å². The Bertz CT molecular complexity index is 780. The van der Waals surface area contributed by atoms with Gasteiger partial charge in [0.1, 0.15) is 11.6 Å². The Labute approximate surface area is 141 Å². The number of ether oxygens (including phenoxy) is 2. The Morgan fingerprint density at radius 2 is 1.75 bits per heavy atom. The number of nitrogens with one attached hydrogen (secondary N) is 1. The zero-order valence-corrected chi connectivity index (χ0v) is 14.3. The van der Waals surface area contributed by atoms with Gasteiger partial charge in [-0.05, 0) is 12.1 Å². The highest BCUT2D eigenvalue weighted by Gasteiger charge is 2.20. The first-order valence-corrected chi connectivity index (χ1v) is 8.98. The molecule has 24 heavy (non-hydrogen) atoms. The molecule has 0 aliphatic carbocycles. The molecule has 0 bridgehead atoms. The number of sulfonamides is 1. The topological polar surface area (TPSA) is 64.6 Å². The average Bonchev–Trinajstić information content (AvgIpc) is 2.57. The van der Waals surface area contributed by atoms with Gasteiger partial charge in [-0.3, -0.25) is 0 Å². The smallest absolute Gasteiger partial charge is 0.215 e. The molecule has 130 valence electrons. The zero-order valence-electron chi connectivity index (χ0n) is 13.5. The van der Waals surface area contributed by atoms with Crippen LogP contribution in [-0.2, 0) is 20.5 Å². The second-order valence-corrected chi connectivity index (χ2v) is 6.97. The van der Waals surface area contributed by atoms with Gasteiger partial charge in [0.15, 0.2) is 0 Å². The largest absolute Gasteiger partial charge is 0.496 e. The SMILES string of the molecule is COc1ccccc1C(CNS(=O)(=O)Cc1ccccc1F)OC. The lowest BCUT2D eigenvalue weighted by Crippen LogP contribution is -2.30. The average molecular weight is 353 g/mol. The third-order valence-electron chi connectivity index (χ3n) is 3.56. The Hall–Kier alpha value is -1.96. The van der Waals surface area contributed by atoms with Crippen molar-refractivity contribution < 1.29 is 22.3 Å². The second-order valence-electron chi connectivity index (χ2n) is 5.17. The molecule has 7 heteroatoms. The Balaban J connectivity index is 2.08. The van der Waals surface area contributed by atoms with E-state index in [1.54, 1.807) is 18.2 Å². The lowest BCUT2D eigenvalue weighted by molar-refractivity contribution is 0.105. The Morgan fingerprint density at radius 1 is 1.08 bits per heavy atom. The van der Waals surface area contributed by atoms with E-state index < -0.39 is 27.7 Å². The summed E-state index contributed by atoms with van der Waals surface area (Å²) in [4.78, 5) is 0. The summed E-state index contributed by atoms with van der Waals surface area (Å²) >= 11 is 0. The standard InChI is InChI=1S/C17H20FNO4S/c1-22-16-10-6-4-8-14(16)17(23-2)11-19-24(20,21)12-13-7-3-5-9-15(13)18/h3-10,17,19H,11-12H2,1-2H3. The van der Waals surface area contributed by atoms with Crippen LogP contribution in [0.3, 0.4) is 0 Å². The molecule has 0 heterocycles. The monoisotopic (exact) mass is 353 g/mol. The fourth-order valence-corrected chi connectivity index (χ4v) is 3.48. The fourth-order valence-electron chi connectivity index (χ4n) is 2.33. The lowest BCUT2D eigenvalue weighted by Gasteiger charge is -2.19. The molecule has 1 atom stereocenters. The molecular weight excluding hydrogens is 333 g/mol. The number of benzene rings is 2. The molecule has 5 nitrogen and oxygen atoms in total. The zero-order chi connectivity index (χ0) is 17.6. The van der Waals surface area contributed by atoms with Gasteiger partial charge >= 0.3 is 0 Å². The number of methoxy groups -OCH3 is 2. The van der Waals surface area contributed by atoms with E-state index >= 15 is 0 Å². The van der Waals surface area contributed by atoms with Gasteiger partial charge in [0.05, 0.1) is 19.0 Å². The number of para-hydroxylation sites is 1. The number of rotatable bonds is 8. The van der Waals surface area contributed by atoms with Crippen molar-refractivity contribution in [1.29, 1.82) is 0 Å². The number of hydrogen-bond acceptors (Lipinski definition) is 4. The van der Waals surface area contributed by atoms with Gasteiger partial charge < -0.3 is 9.47 Å². The van der Waals surface area contributed by atoms with Crippen molar-refractivity contribution in [2.24, 2.45) is 0 Å². The van der Waals surface area contributed by atoms with Gasteiger partial charge in [-0.2, -0.15) is 0 Å². The summed E-state index contributed by atoms with van der Waals surface area (Å²) < 4.78 is 51.1. The Morgan fingerprint density at radius 3 is 2.42 bits per heavy atom. The predicted octanol–water partition coefficient (Wildman–Crippen LogP) is 2.64. The third kappa shape index (κ3) is 4.77. The molecule has 0 spiro atoms. The molecule has 0 fully saturated rings. The van der Waals surface area contributed by atoms with Crippen molar-refractivity contribution in [3.8, 4) is 5.75 Å². The van der Waals surface area contributed by atoms with Crippen molar-refractivity contribution in [1.82, 2.24) is 4.72 Å². The predicted molar refractivity (Wildman–Crippen MR) is 89.8 cm³/mol. The maximum atomic E-state index is 13.6. The molecule has 2 aromatic carbocycles. The van der Waals surface area contributed by atoms with E-state index in [0.29, 0.717) is 5.75 Å². The molecule has 2 aromatic rings. The van der Waals surface area contributed by atoms with Crippen LogP contribution in [0.4, 0.5) is 4.39 Å². The summed E-state index contributed by atoms with van der Waals surface area (Å²) in [5.74, 6) is -0.365. The molecule has 1 unspecified atom stereocenters. The normalized spacial score (nSPS) is 12.8. The highest BCUT2D eigenvalue weighted by atomic mass is 32.2. The van der Waals surface area contributed by atoms with E-state index in [1.807, 2.05) is 12.1 Å². The quantitative estimate of drug-likeness (QED) is 0.792. The van der Waals surface area contributed by atoms with Gasteiger partial charge in [-0.15, -0.1) is 0 Å². The molecule has 0 radical (unpaired) electrons. The van der Waals surface area contributed by atoms with Crippen LogP contribution in [0.15, 0.2) is 48.5 Å². The van der Waals surface area contributed by atoms with E-state index in [9.17, 15) is 12.8 Å². The van der Waals surface area contributed by atoms with Gasteiger partial charge in [-0.25, -0.2) is 17.5 Å². The lowest BCUT2D eigenvalue weighted by atomic mass is 10.1. The third-order valence-corrected chi connectivity index (χ3v) is 4.86. The van der Waals surface area contributed by atoms with Crippen LogP contribution in [0.1, 0.15) is 17.2 Å². The van der Waals surface area contributed by atoms with Crippen molar-refractivity contribution in [2.45, 2.75) is 11.9 Å². The van der Waals surface area contributed by atoms with E-state index in [0.717, 1.165) is 5.56 Å². The van der Waals surface area contributed by atoms with E-state index in [-0.39, 0.29) is 12.1 Å². The van der Waals surface area contributed by atoms with Crippen molar-refractivity contribution in [3.63, 3.8) is 0 Å². The minimum atomic E-state index is -3.70. The van der Waals surface area contributed by atoms with Crippen LogP contribution in [0, 0.1) is 5.82 Å². The van der Waals surface area contributed by atoms with Gasteiger partial charge in [0.2, 0.25) is 10.0 Å². The Kier molecular flexibility index (Phi) is 6.30. The van der Waals surface area contributed by atoms with Gasteiger partial charge in [0, 0.05) is 24.8 Å². The van der Waals surface area contributed by atoms with Crippen LogP contribution >= 0.6 is 0 Å². The summed E-state index contributed by atoms with van der Waals surface area (Å²) in [6.45, 7) is 0.0215. The van der Waals surface area contributed by atoms with E-state index in [1.165, 1.54) is 32.4 Å². The molecule has 0 aliphatic rings. The van der Waals surface area contributed by atoms with E-state index in [4.69, 9.17) is 9.47 Å². The van der Waals surface area contributed by atoms with Crippen molar-refractivity contribution in [2.75, 3.05) is 20.8 Å². The molecule has 2 rings (SSSR count). The molecule has 0 aromatic heterocycles. The molecule has 0 amide bonds. The summed E-state index contributed by atoms with van der Waals surface area (Å²) in [7, 11) is -0.677. The molecular formula is C17H20FNO4S. The molecule has 0 saturated heterocycles. The molecule has 0 saturated carbocycles. The van der Waals surface area contributed by atoms with Gasteiger partial charge in [-0.1, -0.05) is 36.4 Å². The van der Waals surface area contributed by atoms with Crippen molar-refractivity contribution in [3.05, 3.63) is 65.5 Å². The van der Waals surface area contributed by atoms with Crippen LogP contribution < -0.4 is 9.46 Å². The summed E-state index contributed by atoms with van der Waals surface area (Å²) in [5, 5.41) is 0. The van der Waals surface area contributed by atoms with Crippen molar-refractivity contribution >= 4 is 10.0 Å². The first kappa shape index (κ1) is 18.4. The van der Waals surface area contributed by atoms with Crippen LogP contribution in [0.2, 0.25) is 0 Å². The summed E-state index contributed by atoms with van der Waals surface area (Å²) in [6, 6.07) is 13.0. The minimum Gasteiger partial charge on any atom is -0.496 e. The number of hydrogen-bond donors (Lipinski definition) is 1. The first-order valence-electron chi connectivity index (χ1n) is 7.33. The van der Waals surface area contributed by atoms with Crippen LogP contribution in [-0.4, -0.2) is 29.2 Å². The van der Waals surface area contributed by atoms with Crippen LogP contribution in [0.5, 0.6) is 5.75 Å². The first-order chi connectivity index (χ1) is 11.5. The second kappa shape index (κ2) is 8.23. The minimum absolute atomic E-state index is 0.0215. The number of halogens is 1. The molecule has 1 N–H and O–H groups in total. The maximum Gasteiger partial charge on any atom is 0.215 e. The fraction of sp³-hybridized carbons (Fsp3) is 0.294. The molecule has 0 aliphatic heterocycles. The highest BCUT2D eigenvalue weighted by molar-refractivity contribution is 7.88. The highest BCUT2D eigenvalue weighted by Crippen LogP contribution is 2.26. The van der Waals surface area contributed by atoms with Crippen LogP contribution in [0.25, 0.3) is 0 Å². The summed E-state index contributed by atoms with van der Waals surface area (Å²) in [5.41, 5.74) is 0.854. The summed E-state index contributed by atoms with van der Waals surface area (Å²) in [6.07, 6.45) is -0.517. The van der Waals surface area contributed by atoms with E-state index in [2.05, 4.69) is 4.72 Å².